The van der Waals surface area contributed by atoms with Crippen molar-refractivity contribution in [2.75, 3.05) is 5.32 Å². The number of aromatic nitrogens is 2. The molecule has 0 radical (unpaired) electrons. The Bertz CT molecular complexity index is 589. The van der Waals surface area contributed by atoms with Gasteiger partial charge < -0.3 is 15.1 Å². The van der Waals surface area contributed by atoms with Crippen molar-refractivity contribution in [2.45, 2.75) is 44.7 Å². The first-order valence-electron chi connectivity index (χ1n) is 7.72. The fourth-order valence-corrected chi connectivity index (χ4v) is 2.66. The van der Waals surface area contributed by atoms with Crippen LogP contribution in [0.5, 0.6) is 0 Å². The third-order valence-electron chi connectivity index (χ3n) is 3.86. The van der Waals surface area contributed by atoms with E-state index in [0.717, 1.165) is 5.82 Å². The molecule has 2 aromatic heterocycles. The highest BCUT2D eigenvalue weighted by Gasteiger charge is 2.14. The molecule has 1 aliphatic carbocycles. The molecule has 1 fully saturated rings. The molecule has 0 saturated heterocycles. The average molecular weight is 300 g/mol. The Balaban J connectivity index is 1.52. The lowest BCUT2D eigenvalue weighted by Gasteiger charge is -2.22. The van der Waals surface area contributed by atoms with Crippen LogP contribution < -0.4 is 10.6 Å². The summed E-state index contributed by atoms with van der Waals surface area (Å²) in [5, 5.41) is 14.2. The van der Waals surface area contributed by atoms with Crippen LogP contribution in [0.1, 0.15) is 48.4 Å². The highest BCUT2D eigenvalue weighted by Crippen LogP contribution is 2.20. The zero-order chi connectivity index (χ0) is 15.2. The minimum absolute atomic E-state index is 0.256. The highest BCUT2D eigenvalue weighted by atomic mass is 16.3. The van der Waals surface area contributed by atoms with Gasteiger partial charge in [-0.3, -0.25) is 4.79 Å². The van der Waals surface area contributed by atoms with Gasteiger partial charge in [0.25, 0.3) is 5.91 Å². The second-order valence-electron chi connectivity index (χ2n) is 5.55. The number of carbonyl (C=O) groups excluding carboxylic acids is 1. The molecule has 1 saturated carbocycles. The van der Waals surface area contributed by atoms with E-state index in [0.29, 0.717) is 24.0 Å². The Kier molecular flexibility index (Phi) is 4.68. The Labute approximate surface area is 129 Å². The number of nitrogens with zero attached hydrogens (tertiary/aromatic N) is 2. The summed E-state index contributed by atoms with van der Waals surface area (Å²) in [6.07, 6.45) is 7.77. The van der Waals surface area contributed by atoms with E-state index in [-0.39, 0.29) is 5.91 Å². The molecule has 6 nitrogen and oxygen atoms in total. The van der Waals surface area contributed by atoms with Crippen LogP contribution in [0.25, 0.3) is 0 Å². The number of rotatable bonds is 5. The van der Waals surface area contributed by atoms with E-state index in [1.807, 2.05) is 12.1 Å². The van der Waals surface area contributed by atoms with E-state index < -0.39 is 0 Å². The van der Waals surface area contributed by atoms with Crippen molar-refractivity contribution < 1.29 is 9.21 Å². The van der Waals surface area contributed by atoms with Crippen molar-refractivity contribution in [3.63, 3.8) is 0 Å². The number of carbonyl (C=O) groups is 1. The van der Waals surface area contributed by atoms with Crippen LogP contribution in [0.3, 0.4) is 0 Å². The number of hydrogen-bond donors (Lipinski definition) is 2. The van der Waals surface area contributed by atoms with Crippen molar-refractivity contribution in [1.29, 1.82) is 0 Å². The summed E-state index contributed by atoms with van der Waals surface area (Å²) in [4.78, 5) is 12.0. The molecule has 0 bridgehead atoms. The summed E-state index contributed by atoms with van der Waals surface area (Å²) < 4.78 is 5.16. The van der Waals surface area contributed by atoms with Crippen LogP contribution in [0.4, 0.5) is 5.82 Å². The fraction of sp³-hybridized carbons (Fsp3) is 0.438. The summed E-state index contributed by atoms with van der Waals surface area (Å²) in [6.45, 7) is 0.343. The molecule has 0 atom stereocenters. The van der Waals surface area contributed by atoms with E-state index in [1.54, 1.807) is 18.4 Å². The third-order valence-corrected chi connectivity index (χ3v) is 3.86. The quantitative estimate of drug-likeness (QED) is 0.887. The molecule has 0 unspecified atom stereocenters. The normalized spacial score (nSPS) is 15.5. The van der Waals surface area contributed by atoms with Gasteiger partial charge in [-0.25, -0.2) is 0 Å². The number of anilines is 1. The molecule has 3 rings (SSSR count). The van der Waals surface area contributed by atoms with Crippen molar-refractivity contribution in [3.05, 3.63) is 42.0 Å². The van der Waals surface area contributed by atoms with E-state index in [4.69, 9.17) is 4.42 Å². The second-order valence-corrected chi connectivity index (χ2v) is 5.55. The van der Waals surface area contributed by atoms with E-state index >= 15 is 0 Å². The van der Waals surface area contributed by atoms with Crippen LogP contribution in [0.2, 0.25) is 0 Å². The summed E-state index contributed by atoms with van der Waals surface area (Å²) in [5.41, 5.74) is 0.306. The largest absolute Gasteiger partial charge is 0.467 e. The van der Waals surface area contributed by atoms with Crippen molar-refractivity contribution in [1.82, 2.24) is 15.5 Å². The van der Waals surface area contributed by atoms with Gasteiger partial charge in [-0.05, 0) is 37.1 Å². The molecule has 2 N–H and O–H groups in total. The monoisotopic (exact) mass is 300 g/mol. The lowest BCUT2D eigenvalue weighted by Crippen LogP contribution is -2.25. The molecule has 6 heteroatoms. The molecule has 0 aromatic carbocycles. The summed E-state index contributed by atoms with van der Waals surface area (Å²) >= 11 is 0. The minimum atomic E-state index is -0.256. The molecule has 1 amide bonds. The maximum absolute atomic E-state index is 12.0. The van der Waals surface area contributed by atoms with Crippen LogP contribution >= 0.6 is 0 Å². The van der Waals surface area contributed by atoms with Gasteiger partial charge in [0.15, 0.2) is 5.69 Å². The van der Waals surface area contributed by atoms with Crippen molar-refractivity contribution >= 4 is 11.7 Å². The number of nitrogens with one attached hydrogen (secondary N) is 2. The highest BCUT2D eigenvalue weighted by molar-refractivity contribution is 5.92. The first-order valence-corrected chi connectivity index (χ1v) is 7.72. The summed E-state index contributed by atoms with van der Waals surface area (Å²) in [6, 6.07) is 7.57. The Morgan fingerprint density at radius 3 is 2.73 bits per heavy atom. The number of furan rings is 1. The standard InChI is InChI=1S/C16H20N4O2/c21-16(17-11-13-7-4-10-22-13)14-8-9-15(20-19-14)18-12-5-2-1-3-6-12/h4,7-10,12H,1-3,5-6,11H2,(H,17,21)(H,18,20). The molecule has 22 heavy (non-hydrogen) atoms. The van der Waals surface area contributed by atoms with Gasteiger partial charge in [0, 0.05) is 6.04 Å². The van der Waals surface area contributed by atoms with Crippen molar-refractivity contribution in [2.24, 2.45) is 0 Å². The van der Waals surface area contributed by atoms with Gasteiger partial charge in [-0.2, -0.15) is 0 Å². The maximum atomic E-state index is 12.0. The average Bonchev–Trinajstić information content (AvgIpc) is 3.08. The molecular formula is C16H20N4O2. The summed E-state index contributed by atoms with van der Waals surface area (Å²) in [5.74, 6) is 1.18. The first kappa shape index (κ1) is 14.6. The third kappa shape index (κ3) is 3.84. The maximum Gasteiger partial charge on any atom is 0.272 e. The molecule has 0 aliphatic heterocycles. The van der Waals surface area contributed by atoms with Crippen LogP contribution in [-0.2, 0) is 6.54 Å². The zero-order valence-electron chi connectivity index (χ0n) is 12.4. The molecular weight excluding hydrogens is 280 g/mol. The van der Waals surface area contributed by atoms with Gasteiger partial charge in [-0.15, -0.1) is 10.2 Å². The molecule has 1 aliphatic rings. The molecule has 2 aromatic rings. The Morgan fingerprint density at radius 1 is 1.18 bits per heavy atom. The van der Waals surface area contributed by atoms with Crippen LogP contribution in [-0.4, -0.2) is 22.1 Å². The zero-order valence-corrected chi connectivity index (χ0v) is 12.4. The predicted molar refractivity (Wildman–Crippen MR) is 82.4 cm³/mol. The van der Waals surface area contributed by atoms with Crippen LogP contribution in [0, 0.1) is 0 Å². The van der Waals surface area contributed by atoms with E-state index in [1.165, 1.54) is 32.1 Å². The topological polar surface area (TPSA) is 80.0 Å². The lowest BCUT2D eigenvalue weighted by atomic mass is 9.95. The van der Waals surface area contributed by atoms with E-state index in [2.05, 4.69) is 20.8 Å². The van der Waals surface area contributed by atoms with Gasteiger partial charge in [0.1, 0.15) is 11.6 Å². The van der Waals surface area contributed by atoms with Crippen LogP contribution in [0.15, 0.2) is 34.9 Å². The Morgan fingerprint density at radius 2 is 2.05 bits per heavy atom. The molecule has 116 valence electrons. The summed E-state index contributed by atoms with van der Waals surface area (Å²) in [7, 11) is 0. The second kappa shape index (κ2) is 7.06. The van der Waals surface area contributed by atoms with Gasteiger partial charge in [0.2, 0.25) is 0 Å². The van der Waals surface area contributed by atoms with Gasteiger partial charge in [0.05, 0.1) is 12.8 Å². The van der Waals surface area contributed by atoms with Crippen molar-refractivity contribution in [3.8, 4) is 0 Å². The Hall–Kier alpha value is -2.37. The fourth-order valence-electron chi connectivity index (χ4n) is 2.66. The first-order chi connectivity index (χ1) is 10.8. The predicted octanol–water partition coefficient (Wildman–Crippen LogP) is 2.74. The SMILES string of the molecule is O=C(NCc1ccco1)c1ccc(NC2CCCCC2)nn1. The van der Waals surface area contributed by atoms with Gasteiger partial charge in [-0.1, -0.05) is 19.3 Å². The van der Waals surface area contributed by atoms with Gasteiger partial charge >= 0.3 is 0 Å². The molecule has 2 heterocycles. The smallest absolute Gasteiger partial charge is 0.272 e. The molecule has 0 spiro atoms. The lowest BCUT2D eigenvalue weighted by molar-refractivity contribution is 0.0942. The minimum Gasteiger partial charge on any atom is -0.467 e. The number of amides is 1. The van der Waals surface area contributed by atoms with E-state index in [9.17, 15) is 4.79 Å². The number of hydrogen-bond acceptors (Lipinski definition) is 5.